The van der Waals surface area contributed by atoms with Gasteiger partial charge in [-0.2, -0.15) is 10.5 Å². The average molecular weight is 77.9 g/mol. The first-order valence-corrected chi connectivity index (χ1v) is 1.27. The Morgan fingerprint density at radius 3 is 1.33 bits per heavy atom. The molecule has 0 fully saturated rings. The lowest BCUT2D eigenvalue weighted by Crippen LogP contribution is -1.26. The van der Waals surface area contributed by atoms with Gasteiger partial charge < -0.3 is 0 Å². The van der Waals surface area contributed by atoms with Gasteiger partial charge in [-0.05, 0) is 0 Å². The molecule has 0 heterocycles. The monoisotopic (exact) mass is 78.0 g/mol. The zero-order valence-corrected chi connectivity index (χ0v) is 3.47. The van der Waals surface area contributed by atoms with Crippen molar-refractivity contribution in [1.29, 1.82) is 10.5 Å². The van der Waals surface area contributed by atoms with Gasteiger partial charge in [-0.15, -0.1) is 0 Å². The summed E-state index contributed by atoms with van der Waals surface area (Å²) in [5.74, 6) is 0. The fraction of sp³-hybridized carbons (Fsp3) is 0.333. The summed E-state index contributed by atoms with van der Waals surface area (Å²) in [6.07, 6.45) is 0. The molecule has 2 nitrogen and oxygen atoms in total. The number of hydrogen-bond acceptors (Lipinski definition) is 2. The predicted octanol–water partition coefficient (Wildman–Crippen LogP) is 0.237. The van der Waals surface area contributed by atoms with Crippen LogP contribution in [0, 0.1) is 22.7 Å². The van der Waals surface area contributed by atoms with Gasteiger partial charge in [-0.25, -0.2) is 0 Å². The largest absolute Gasteiger partial charge is 0.181 e. The van der Waals surface area contributed by atoms with Crippen LogP contribution in [0.25, 0.3) is 0 Å². The standard InChI is InChI=1S/C2N2.CH3B/c3-1-2-4;1-2/h;1H3. The molecule has 0 aliphatic heterocycles. The summed E-state index contributed by atoms with van der Waals surface area (Å²) in [6.45, 7) is 1.50. The molecule has 0 bridgehead atoms. The van der Waals surface area contributed by atoms with Crippen molar-refractivity contribution in [2.45, 2.75) is 6.82 Å². The molecule has 6 heavy (non-hydrogen) atoms. The Labute approximate surface area is 38.4 Å². The van der Waals surface area contributed by atoms with Crippen LogP contribution in [-0.4, -0.2) is 7.85 Å². The number of rotatable bonds is 0. The van der Waals surface area contributed by atoms with Crippen molar-refractivity contribution in [2.75, 3.05) is 0 Å². The van der Waals surface area contributed by atoms with Crippen molar-refractivity contribution >= 4 is 7.85 Å². The second-order valence-electron chi connectivity index (χ2n) is 0.224. The van der Waals surface area contributed by atoms with Crippen LogP contribution in [0.3, 0.4) is 0 Å². The summed E-state index contributed by atoms with van der Waals surface area (Å²) in [5, 5.41) is 14.5. The van der Waals surface area contributed by atoms with Gasteiger partial charge in [0.1, 0.15) is 0 Å². The minimum absolute atomic E-state index is 1.24. The van der Waals surface area contributed by atoms with Crippen LogP contribution in [0.15, 0.2) is 0 Å². The molecule has 3 heteroatoms. The molecule has 0 aromatic carbocycles. The van der Waals surface area contributed by atoms with Crippen molar-refractivity contribution in [3.05, 3.63) is 0 Å². The van der Waals surface area contributed by atoms with Crippen molar-refractivity contribution in [1.82, 2.24) is 0 Å². The van der Waals surface area contributed by atoms with Gasteiger partial charge in [0.25, 0.3) is 0 Å². The minimum Gasteiger partial charge on any atom is -0.181 e. The van der Waals surface area contributed by atoms with Crippen molar-refractivity contribution in [2.24, 2.45) is 0 Å². The molecule has 0 saturated heterocycles. The van der Waals surface area contributed by atoms with E-state index in [0.29, 0.717) is 0 Å². The molecule has 0 spiro atoms. The van der Waals surface area contributed by atoms with E-state index in [1.807, 2.05) is 0 Å². The van der Waals surface area contributed by atoms with Crippen LogP contribution in [0.4, 0.5) is 0 Å². The third-order valence-electron chi connectivity index (χ3n) is 0.0500. The lowest BCUT2D eigenvalue weighted by atomic mass is 10.2. The van der Waals surface area contributed by atoms with Gasteiger partial charge in [-0.3, -0.25) is 0 Å². The molecule has 0 N–H and O–H groups in total. The van der Waals surface area contributed by atoms with Gasteiger partial charge >= 0.3 is 0 Å². The molecule has 0 saturated carbocycles. The Morgan fingerprint density at radius 2 is 1.33 bits per heavy atom. The van der Waals surface area contributed by atoms with E-state index in [1.54, 1.807) is 0 Å². The fourth-order valence-electron chi connectivity index (χ4n) is 0. The van der Waals surface area contributed by atoms with E-state index in [2.05, 4.69) is 7.85 Å². The quantitative estimate of drug-likeness (QED) is 0.389. The zero-order valence-electron chi connectivity index (χ0n) is 3.47. The maximum absolute atomic E-state index is 7.26. The Balaban J connectivity index is 0. The molecule has 28 valence electrons. The summed E-state index contributed by atoms with van der Waals surface area (Å²) >= 11 is 0. The molecular weight excluding hydrogens is 74.9 g/mol. The molecular formula is C3H3BN2. The molecule has 2 radical (unpaired) electrons. The Bertz CT molecular complexity index is 63.8. The molecule has 0 amide bonds. The van der Waals surface area contributed by atoms with Gasteiger partial charge in [-0.1, -0.05) is 6.82 Å². The second-order valence-corrected chi connectivity index (χ2v) is 0.224. The Hall–Kier alpha value is -0.955. The van der Waals surface area contributed by atoms with Crippen molar-refractivity contribution in [3.63, 3.8) is 0 Å². The van der Waals surface area contributed by atoms with Crippen molar-refractivity contribution < 1.29 is 0 Å². The zero-order chi connectivity index (χ0) is 5.41. The highest BCUT2D eigenvalue weighted by Crippen LogP contribution is 1.27. The first-order valence-electron chi connectivity index (χ1n) is 1.27. The van der Waals surface area contributed by atoms with Gasteiger partial charge in [0.05, 0.1) is 7.85 Å². The van der Waals surface area contributed by atoms with Crippen molar-refractivity contribution in [3.8, 4) is 12.1 Å². The molecule has 0 rings (SSSR count). The van der Waals surface area contributed by atoms with Gasteiger partial charge in [0.15, 0.2) is 12.1 Å². The summed E-state index contributed by atoms with van der Waals surface area (Å²) in [6, 6.07) is 2.47. The first kappa shape index (κ1) is 8.90. The van der Waals surface area contributed by atoms with E-state index < -0.39 is 0 Å². The number of nitriles is 2. The molecule has 0 aliphatic carbocycles. The van der Waals surface area contributed by atoms with E-state index in [1.165, 1.54) is 19.0 Å². The summed E-state index contributed by atoms with van der Waals surface area (Å²) < 4.78 is 0. The van der Waals surface area contributed by atoms with Gasteiger partial charge in [0, 0.05) is 0 Å². The third-order valence-corrected chi connectivity index (χ3v) is 0.0500. The highest BCUT2D eigenvalue weighted by Gasteiger charge is 1.39. The van der Waals surface area contributed by atoms with E-state index in [-0.39, 0.29) is 0 Å². The van der Waals surface area contributed by atoms with Crippen LogP contribution in [0.2, 0.25) is 6.82 Å². The maximum Gasteiger partial charge on any atom is 0.181 e. The molecule has 0 atom stereocenters. The molecule has 0 unspecified atom stereocenters. The lowest BCUT2D eigenvalue weighted by molar-refractivity contribution is 1.49. The highest BCUT2D eigenvalue weighted by atomic mass is 14.3. The topological polar surface area (TPSA) is 47.6 Å². The lowest BCUT2D eigenvalue weighted by Gasteiger charge is -1.16. The second kappa shape index (κ2) is 34.3. The van der Waals surface area contributed by atoms with Crippen LogP contribution in [-0.2, 0) is 0 Å². The minimum atomic E-state index is 1.24. The van der Waals surface area contributed by atoms with Gasteiger partial charge in [0.2, 0.25) is 0 Å². The molecule has 0 aliphatic rings. The molecule has 0 aromatic heterocycles. The van der Waals surface area contributed by atoms with Crippen LogP contribution < -0.4 is 0 Å². The molecule has 0 aromatic rings. The smallest absolute Gasteiger partial charge is 0.181 e. The van der Waals surface area contributed by atoms with Crippen LogP contribution in [0.5, 0.6) is 0 Å². The fourth-order valence-corrected chi connectivity index (χ4v) is 0. The Kier molecular flexibility index (Phi) is 51.0. The number of hydrogen-bond donors (Lipinski definition) is 0. The summed E-state index contributed by atoms with van der Waals surface area (Å²) in [5.41, 5.74) is 0. The summed E-state index contributed by atoms with van der Waals surface area (Å²) in [4.78, 5) is 0. The SMILES string of the molecule is N#CC#N.[B]C. The highest BCUT2D eigenvalue weighted by molar-refractivity contribution is 6.05. The van der Waals surface area contributed by atoms with E-state index in [4.69, 9.17) is 10.5 Å². The van der Waals surface area contributed by atoms with Crippen LogP contribution >= 0.6 is 0 Å². The maximum atomic E-state index is 7.26. The van der Waals surface area contributed by atoms with E-state index in [0.717, 1.165) is 0 Å². The Morgan fingerprint density at radius 1 is 1.17 bits per heavy atom. The van der Waals surface area contributed by atoms with E-state index in [9.17, 15) is 0 Å². The average Bonchev–Trinajstić information content (AvgIpc) is 1.72. The van der Waals surface area contributed by atoms with Crippen LogP contribution in [0.1, 0.15) is 0 Å². The predicted molar refractivity (Wildman–Crippen MR) is 22.8 cm³/mol. The third kappa shape index (κ3) is 6310. The first-order chi connectivity index (χ1) is 2.91. The normalized spacial score (nSPS) is 2.50. The summed E-state index contributed by atoms with van der Waals surface area (Å²) in [7, 11) is 4.50. The number of nitrogens with zero attached hydrogens (tertiary/aromatic N) is 2. The van der Waals surface area contributed by atoms with E-state index >= 15 is 0 Å².